The van der Waals surface area contributed by atoms with Crippen LogP contribution in [0.25, 0.3) is 11.0 Å². The fourth-order valence-corrected chi connectivity index (χ4v) is 7.74. The number of thioether (sulfide) groups is 1. The first-order chi connectivity index (χ1) is 20.4. The molecule has 0 saturated carbocycles. The van der Waals surface area contributed by atoms with Crippen LogP contribution in [0, 0.1) is 5.82 Å². The molecule has 0 saturated heterocycles. The highest BCUT2D eigenvalue weighted by molar-refractivity contribution is 8.00. The van der Waals surface area contributed by atoms with Gasteiger partial charge in [-0.05, 0) is 42.3 Å². The smallest absolute Gasteiger partial charge is 0.297 e. The van der Waals surface area contributed by atoms with Crippen molar-refractivity contribution in [2.24, 2.45) is 0 Å². The average molecular weight is 619 g/mol. The summed E-state index contributed by atoms with van der Waals surface area (Å²) in [6.45, 7) is 2.32. The maximum Gasteiger partial charge on any atom is 0.297 e. The third kappa shape index (κ3) is 3.77. The fraction of sp³-hybridized carbons (Fsp3) is 0.167. The second-order valence-corrected chi connectivity index (χ2v) is 12.4. The summed E-state index contributed by atoms with van der Waals surface area (Å²) in [6, 6.07) is 18.1. The maximum absolute atomic E-state index is 14.6. The number of carbonyl (C=O) groups excluding carboxylic acids is 2. The van der Waals surface area contributed by atoms with Crippen molar-refractivity contribution < 1.29 is 18.4 Å². The molecular weight excluding hydrogens is 599 g/mol. The molecule has 12 heteroatoms. The summed E-state index contributed by atoms with van der Waals surface area (Å²) in [6.07, 6.45) is 0.647. The van der Waals surface area contributed by atoms with E-state index >= 15 is 0 Å². The van der Waals surface area contributed by atoms with Gasteiger partial charge < -0.3 is 9.32 Å². The van der Waals surface area contributed by atoms with Gasteiger partial charge in [0, 0.05) is 22.9 Å². The Morgan fingerprint density at radius 1 is 1.05 bits per heavy atom. The van der Waals surface area contributed by atoms with E-state index in [0.717, 1.165) is 11.3 Å². The van der Waals surface area contributed by atoms with Crippen molar-refractivity contribution in [1.29, 1.82) is 0 Å². The number of amides is 2. The number of rotatable bonds is 6. The maximum atomic E-state index is 14.6. The molecule has 0 aliphatic carbocycles. The number of nitrogens with zero attached hydrogens (tertiary/aromatic N) is 4. The molecule has 210 valence electrons. The van der Waals surface area contributed by atoms with Gasteiger partial charge in [-0.2, -0.15) is 0 Å². The summed E-state index contributed by atoms with van der Waals surface area (Å²) in [4.78, 5) is 45.9. The topological polar surface area (TPSA) is 96.6 Å². The van der Waals surface area contributed by atoms with Crippen LogP contribution < -0.4 is 15.2 Å². The van der Waals surface area contributed by atoms with E-state index < -0.39 is 22.8 Å². The average Bonchev–Trinajstić information content (AvgIpc) is 3.63. The van der Waals surface area contributed by atoms with Crippen molar-refractivity contribution >= 4 is 68.3 Å². The summed E-state index contributed by atoms with van der Waals surface area (Å²) < 4.78 is 20.8. The number of hydrogen-bond acceptors (Lipinski definition) is 8. The molecule has 0 bridgehead atoms. The Kier molecular flexibility index (Phi) is 6.41. The molecular formula is C30H20ClFN4O4S2. The normalized spacial score (nSPS) is 17.5. The standard InChI is InChI=1S/C30H20ClFN4O4S2/c1-2-13-35-21-10-6-4-8-19(21)30(27(35)39)23-24(37)18-14-17(31)11-12-22(18)40-25(23)26(38)36(30)28-33-34-29(42-28)41-15-16-7-3-5-9-20(16)32/h3-12,14H,2,13,15H2,1H3. The molecule has 7 rings (SSSR count). The quantitative estimate of drug-likeness (QED) is 0.161. The Hall–Kier alpha value is -4.06. The van der Waals surface area contributed by atoms with E-state index in [1.54, 1.807) is 53.4 Å². The molecule has 1 spiro atoms. The fourth-order valence-electron chi connectivity index (χ4n) is 5.69. The molecule has 1 unspecified atom stereocenters. The van der Waals surface area contributed by atoms with Crippen LogP contribution in [0.2, 0.25) is 5.02 Å². The highest BCUT2D eigenvalue weighted by atomic mass is 35.5. The largest absolute Gasteiger partial charge is 0.450 e. The number of carbonyl (C=O) groups is 2. The van der Waals surface area contributed by atoms with Crippen LogP contribution in [0.5, 0.6) is 0 Å². The zero-order valence-corrected chi connectivity index (χ0v) is 24.4. The van der Waals surface area contributed by atoms with Crippen molar-refractivity contribution in [3.63, 3.8) is 0 Å². The number of aromatic nitrogens is 2. The van der Waals surface area contributed by atoms with E-state index in [4.69, 9.17) is 16.0 Å². The lowest BCUT2D eigenvalue weighted by Gasteiger charge is -2.32. The van der Waals surface area contributed by atoms with E-state index in [9.17, 15) is 18.8 Å². The van der Waals surface area contributed by atoms with Crippen molar-refractivity contribution in [3.05, 3.63) is 110 Å². The Labute approximate surface area is 251 Å². The van der Waals surface area contributed by atoms with Gasteiger partial charge in [0.1, 0.15) is 11.4 Å². The number of para-hydroxylation sites is 1. The lowest BCUT2D eigenvalue weighted by atomic mass is 9.84. The summed E-state index contributed by atoms with van der Waals surface area (Å²) in [5, 5.41) is 9.14. The van der Waals surface area contributed by atoms with Gasteiger partial charge in [-0.25, -0.2) is 4.39 Å². The third-order valence-corrected chi connectivity index (χ3v) is 9.76. The molecule has 42 heavy (non-hydrogen) atoms. The first kappa shape index (κ1) is 26.8. The Balaban J connectivity index is 1.44. The molecule has 4 heterocycles. The predicted molar refractivity (Wildman–Crippen MR) is 160 cm³/mol. The van der Waals surface area contributed by atoms with E-state index in [2.05, 4.69) is 10.2 Å². The first-order valence-electron chi connectivity index (χ1n) is 13.1. The minimum absolute atomic E-state index is 0.0749. The minimum atomic E-state index is -1.86. The predicted octanol–water partition coefficient (Wildman–Crippen LogP) is 6.39. The third-order valence-electron chi connectivity index (χ3n) is 7.43. The van der Waals surface area contributed by atoms with Crippen LogP contribution >= 0.6 is 34.7 Å². The number of benzene rings is 3. The monoisotopic (exact) mass is 618 g/mol. The molecule has 3 aromatic carbocycles. The van der Waals surface area contributed by atoms with E-state index in [1.807, 2.05) is 6.92 Å². The molecule has 2 aliphatic heterocycles. The van der Waals surface area contributed by atoms with Gasteiger partial charge >= 0.3 is 0 Å². The lowest BCUT2D eigenvalue weighted by Crippen LogP contribution is -2.53. The SMILES string of the molecule is CCCN1C(=O)C2(c3ccccc31)c1c(oc3ccc(Cl)cc3c1=O)C(=O)N2c1nnc(SCc2ccccc2F)s1. The van der Waals surface area contributed by atoms with Crippen LogP contribution in [0.1, 0.15) is 40.6 Å². The highest BCUT2D eigenvalue weighted by Crippen LogP contribution is 2.54. The second-order valence-electron chi connectivity index (χ2n) is 9.83. The highest BCUT2D eigenvalue weighted by Gasteiger charge is 2.66. The molecule has 2 aromatic heterocycles. The van der Waals surface area contributed by atoms with Crippen LogP contribution in [-0.2, 0) is 16.1 Å². The molecule has 0 radical (unpaired) electrons. The minimum Gasteiger partial charge on any atom is -0.450 e. The second kappa shape index (κ2) is 10.0. The van der Waals surface area contributed by atoms with Gasteiger partial charge in [-0.1, -0.05) is 78.0 Å². The number of anilines is 2. The van der Waals surface area contributed by atoms with Crippen LogP contribution in [-0.4, -0.2) is 28.6 Å². The Morgan fingerprint density at radius 3 is 2.64 bits per heavy atom. The number of fused-ring (bicyclic) bond motifs is 5. The van der Waals surface area contributed by atoms with Crippen molar-refractivity contribution in [2.45, 2.75) is 29.0 Å². The lowest BCUT2D eigenvalue weighted by molar-refractivity contribution is -0.121. The summed E-state index contributed by atoms with van der Waals surface area (Å²) in [7, 11) is 0. The van der Waals surface area contributed by atoms with E-state index in [0.29, 0.717) is 44.9 Å². The van der Waals surface area contributed by atoms with Gasteiger partial charge in [0.25, 0.3) is 11.8 Å². The zero-order valence-electron chi connectivity index (χ0n) is 22.0. The van der Waals surface area contributed by atoms with Gasteiger partial charge in [-0.15, -0.1) is 10.2 Å². The Bertz CT molecular complexity index is 2000. The summed E-state index contributed by atoms with van der Waals surface area (Å²) in [5.74, 6) is -1.41. The van der Waals surface area contributed by atoms with Crippen LogP contribution in [0.15, 0.2) is 80.3 Å². The van der Waals surface area contributed by atoms with Crippen molar-refractivity contribution in [1.82, 2.24) is 10.2 Å². The van der Waals surface area contributed by atoms with Crippen molar-refractivity contribution in [2.75, 3.05) is 16.3 Å². The molecule has 8 nitrogen and oxygen atoms in total. The first-order valence-corrected chi connectivity index (χ1v) is 15.3. The molecule has 0 N–H and O–H groups in total. The van der Waals surface area contributed by atoms with Crippen LogP contribution in [0.4, 0.5) is 15.2 Å². The molecule has 5 aromatic rings. The Morgan fingerprint density at radius 2 is 1.83 bits per heavy atom. The molecule has 1 atom stereocenters. The molecule has 0 fully saturated rings. The van der Waals surface area contributed by atoms with E-state index in [-0.39, 0.29) is 33.2 Å². The number of hydrogen-bond donors (Lipinski definition) is 0. The van der Waals surface area contributed by atoms with Gasteiger partial charge in [0.2, 0.25) is 10.9 Å². The van der Waals surface area contributed by atoms with Gasteiger partial charge in [0.15, 0.2) is 15.3 Å². The zero-order chi connectivity index (χ0) is 29.2. The van der Waals surface area contributed by atoms with Crippen LogP contribution in [0.3, 0.4) is 0 Å². The number of halogens is 2. The van der Waals surface area contributed by atoms with Crippen molar-refractivity contribution in [3.8, 4) is 0 Å². The summed E-state index contributed by atoms with van der Waals surface area (Å²) in [5.41, 5.74) is -0.716. The van der Waals surface area contributed by atoms with Gasteiger partial charge in [0.05, 0.1) is 16.6 Å². The summed E-state index contributed by atoms with van der Waals surface area (Å²) >= 11 is 8.57. The van der Waals surface area contributed by atoms with Gasteiger partial charge in [-0.3, -0.25) is 19.3 Å². The molecule has 2 aliphatic rings. The van der Waals surface area contributed by atoms with E-state index in [1.165, 1.54) is 34.9 Å². The molecule has 2 amide bonds.